The van der Waals surface area contributed by atoms with E-state index in [4.69, 9.17) is 9.15 Å². The highest BCUT2D eigenvalue weighted by molar-refractivity contribution is 5.82. The Labute approximate surface area is 240 Å². The first-order chi connectivity index (χ1) is 17.7. The van der Waals surface area contributed by atoms with Crippen LogP contribution in [0, 0.1) is 0 Å². The molecule has 1 amide bonds. The number of hydrogen-bond acceptors (Lipinski definition) is 4. The number of rotatable bonds is 17. The number of amides is 1. The molecule has 1 aromatic carbocycles. The Hall–Kier alpha value is -2.12. The van der Waals surface area contributed by atoms with Crippen LogP contribution in [0.1, 0.15) is 78.2 Å². The van der Waals surface area contributed by atoms with Gasteiger partial charge in [-0.1, -0.05) is 38.3 Å². The van der Waals surface area contributed by atoms with Gasteiger partial charge in [-0.15, -0.1) is 0 Å². The van der Waals surface area contributed by atoms with Gasteiger partial charge in [-0.25, -0.2) is 4.79 Å². The number of fused-ring (bicyclic) bond motifs is 1. The van der Waals surface area contributed by atoms with Crippen molar-refractivity contribution in [2.24, 2.45) is 0 Å². The lowest BCUT2D eigenvalue weighted by Gasteiger charge is -2.32. The molecular formula is C31H49BrN2O4. The van der Waals surface area contributed by atoms with Crippen LogP contribution in [0.4, 0.5) is 0 Å². The summed E-state index contributed by atoms with van der Waals surface area (Å²) in [4.78, 5) is 26.9. The van der Waals surface area contributed by atoms with Gasteiger partial charge in [0.25, 0.3) is 5.91 Å². The van der Waals surface area contributed by atoms with Gasteiger partial charge in [0.15, 0.2) is 6.54 Å². The molecular weight excluding hydrogens is 544 g/mol. The minimum absolute atomic E-state index is 0. The number of unbranched alkanes of at least 4 members (excludes halogenated alkanes) is 4. The van der Waals surface area contributed by atoms with E-state index in [-0.39, 0.29) is 28.5 Å². The molecule has 2 aromatic rings. The number of benzene rings is 1. The van der Waals surface area contributed by atoms with Gasteiger partial charge in [-0.2, -0.15) is 0 Å². The molecule has 6 nitrogen and oxygen atoms in total. The van der Waals surface area contributed by atoms with Crippen LogP contribution in [0.3, 0.4) is 0 Å². The lowest BCUT2D eigenvalue weighted by molar-refractivity contribution is -0.883. The molecule has 0 atom stereocenters. The summed E-state index contributed by atoms with van der Waals surface area (Å²) in [6.45, 7) is 12.3. The van der Waals surface area contributed by atoms with E-state index in [0.717, 1.165) is 81.3 Å². The van der Waals surface area contributed by atoms with Crippen LogP contribution in [-0.4, -0.2) is 62.2 Å². The van der Waals surface area contributed by atoms with E-state index >= 15 is 0 Å². The maximum absolute atomic E-state index is 13.0. The molecule has 1 aromatic heterocycles. The van der Waals surface area contributed by atoms with E-state index in [9.17, 15) is 9.59 Å². The van der Waals surface area contributed by atoms with Gasteiger partial charge in [0.05, 0.1) is 27.2 Å². The molecule has 0 bridgehead atoms. The summed E-state index contributed by atoms with van der Waals surface area (Å²) in [6.07, 6.45) is 10.2. The van der Waals surface area contributed by atoms with Crippen LogP contribution in [0.2, 0.25) is 0 Å². The van der Waals surface area contributed by atoms with Crippen LogP contribution < -0.4 is 27.3 Å². The van der Waals surface area contributed by atoms with E-state index in [1.807, 2.05) is 12.1 Å². The van der Waals surface area contributed by atoms with Crippen LogP contribution in [0.5, 0.6) is 5.75 Å². The molecule has 0 unspecified atom stereocenters. The quantitative estimate of drug-likeness (QED) is 0.122. The number of ether oxygens (including phenoxy) is 1. The van der Waals surface area contributed by atoms with Crippen LogP contribution in [-0.2, 0) is 11.2 Å². The highest BCUT2D eigenvalue weighted by Crippen LogP contribution is 2.28. The van der Waals surface area contributed by atoms with Gasteiger partial charge in [0, 0.05) is 30.1 Å². The van der Waals surface area contributed by atoms with Crippen LogP contribution in [0.25, 0.3) is 11.0 Å². The molecule has 0 saturated heterocycles. The highest BCUT2D eigenvalue weighted by atomic mass is 79.9. The smallest absolute Gasteiger partial charge is 0.336 e. The molecule has 2 rings (SSSR count). The van der Waals surface area contributed by atoms with Gasteiger partial charge in [0.2, 0.25) is 0 Å². The van der Waals surface area contributed by atoms with Crippen molar-refractivity contribution in [3.8, 4) is 5.75 Å². The molecule has 0 spiro atoms. The Bertz CT molecular complexity index is 1070. The SMILES string of the molecule is CCCCN(CCCC)C(=O)C[N+](C)(C)CCCCCOc1ccc2ccc(=O)oc2c1CC=C(C)C.[Br-]. The van der Waals surface area contributed by atoms with Crippen molar-refractivity contribution < 1.29 is 35.4 Å². The van der Waals surface area contributed by atoms with E-state index in [0.29, 0.717) is 29.6 Å². The molecule has 0 radical (unpaired) electrons. The Balaban J connectivity index is 0.00000722. The van der Waals surface area contributed by atoms with Crippen molar-refractivity contribution in [3.05, 3.63) is 51.9 Å². The highest BCUT2D eigenvalue weighted by Gasteiger charge is 2.23. The maximum Gasteiger partial charge on any atom is 0.336 e. The summed E-state index contributed by atoms with van der Waals surface area (Å²) in [6, 6.07) is 7.18. The Morgan fingerprint density at radius 2 is 1.63 bits per heavy atom. The summed E-state index contributed by atoms with van der Waals surface area (Å²) in [5, 5.41) is 0.904. The number of halogens is 1. The molecule has 0 aliphatic heterocycles. The lowest BCUT2D eigenvalue weighted by Crippen LogP contribution is -3.00. The van der Waals surface area contributed by atoms with Gasteiger partial charge in [-0.05, 0) is 70.6 Å². The van der Waals surface area contributed by atoms with E-state index in [1.54, 1.807) is 6.07 Å². The van der Waals surface area contributed by atoms with Crippen molar-refractivity contribution in [2.75, 3.05) is 46.9 Å². The third-order valence-corrected chi connectivity index (χ3v) is 6.71. The summed E-state index contributed by atoms with van der Waals surface area (Å²) in [7, 11) is 4.31. The molecule has 38 heavy (non-hydrogen) atoms. The average Bonchev–Trinajstić information content (AvgIpc) is 2.84. The fourth-order valence-electron chi connectivity index (χ4n) is 4.41. The van der Waals surface area contributed by atoms with E-state index in [1.165, 1.54) is 11.6 Å². The molecule has 0 aliphatic rings. The predicted octanol–water partition coefficient (Wildman–Crippen LogP) is 3.36. The largest absolute Gasteiger partial charge is 1.00 e. The third-order valence-electron chi connectivity index (χ3n) is 6.71. The molecule has 1 heterocycles. The number of nitrogens with zero attached hydrogens (tertiary/aromatic N) is 2. The second kappa shape index (κ2) is 17.5. The topological polar surface area (TPSA) is 59.8 Å². The average molecular weight is 594 g/mol. The Morgan fingerprint density at radius 1 is 0.974 bits per heavy atom. The second-order valence-corrected chi connectivity index (χ2v) is 11.0. The normalized spacial score (nSPS) is 11.2. The second-order valence-electron chi connectivity index (χ2n) is 11.0. The summed E-state index contributed by atoms with van der Waals surface area (Å²) >= 11 is 0. The summed E-state index contributed by atoms with van der Waals surface area (Å²) in [5.74, 6) is 1.06. The molecule has 7 heteroatoms. The van der Waals surface area contributed by atoms with Crippen molar-refractivity contribution >= 4 is 16.9 Å². The minimum Gasteiger partial charge on any atom is -1.00 e. The van der Waals surface area contributed by atoms with Crippen LogP contribution in [0.15, 0.2) is 45.1 Å². The summed E-state index contributed by atoms with van der Waals surface area (Å²) in [5.41, 5.74) is 2.39. The van der Waals surface area contributed by atoms with E-state index in [2.05, 4.69) is 52.8 Å². The first kappa shape index (κ1) is 33.9. The zero-order valence-electron chi connectivity index (χ0n) is 24.5. The van der Waals surface area contributed by atoms with E-state index < -0.39 is 0 Å². The monoisotopic (exact) mass is 592 g/mol. The van der Waals surface area contributed by atoms with Crippen LogP contribution >= 0.6 is 0 Å². The Morgan fingerprint density at radius 3 is 2.26 bits per heavy atom. The van der Waals surface area contributed by atoms with Gasteiger partial charge in [-0.3, -0.25) is 4.79 Å². The standard InChI is InChI=1S/C31H49N2O4.BrH/c1-7-9-20-32(21-10-8-2)29(34)24-33(5,6)22-12-11-13-23-36-28-18-15-26-16-19-30(35)37-31(26)27(28)17-14-25(3)4;/h14-16,18-19H,7-13,17,20-24H2,1-6H3;1H/q+1;/p-1. The molecule has 0 aliphatic carbocycles. The lowest BCUT2D eigenvalue weighted by atomic mass is 10.1. The van der Waals surface area contributed by atoms with Crippen molar-refractivity contribution in [3.63, 3.8) is 0 Å². The third kappa shape index (κ3) is 11.7. The number of quaternary nitrogens is 1. The van der Waals surface area contributed by atoms with Gasteiger partial charge >= 0.3 is 5.63 Å². The van der Waals surface area contributed by atoms with Crippen molar-refractivity contribution in [1.29, 1.82) is 0 Å². The fourth-order valence-corrected chi connectivity index (χ4v) is 4.41. The zero-order chi connectivity index (χ0) is 27.3. The first-order valence-corrected chi connectivity index (χ1v) is 14.1. The molecule has 0 fully saturated rings. The van der Waals surface area contributed by atoms with Crippen molar-refractivity contribution in [1.82, 2.24) is 4.90 Å². The maximum atomic E-state index is 13.0. The summed E-state index contributed by atoms with van der Waals surface area (Å²) < 4.78 is 12.4. The zero-order valence-corrected chi connectivity index (χ0v) is 26.1. The number of carbonyl (C=O) groups excluding carboxylic acids is 1. The fraction of sp³-hybridized carbons (Fsp3) is 0.613. The number of carbonyl (C=O) groups is 1. The minimum atomic E-state index is -0.346. The first-order valence-electron chi connectivity index (χ1n) is 14.1. The molecule has 0 N–H and O–H groups in total. The number of allylic oxidation sites excluding steroid dienone is 2. The molecule has 0 saturated carbocycles. The van der Waals surface area contributed by atoms with Crippen molar-refractivity contribution in [2.45, 2.75) is 79.1 Å². The van der Waals surface area contributed by atoms with Gasteiger partial charge < -0.3 is 35.5 Å². The number of hydrogen-bond donors (Lipinski definition) is 0. The Kier molecular flexibility index (Phi) is 15.6. The number of likely N-dealkylation sites (N-methyl/N-ethyl adjacent to an activating group) is 1. The molecule has 214 valence electrons. The van der Waals surface area contributed by atoms with Gasteiger partial charge in [0.1, 0.15) is 11.3 Å². The predicted molar refractivity (Wildman–Crippen MR) is 153 cm³/mol.